The van der Waals surface area contributed by atoms with Crippen LogP contribution >= 0.6 is 0 Å². The molecule has 1 unspecified atom stereocenters. The number of likely N-dealkylation sites (N-methyl/N-ethyl adjacent to an activating group) is 1. The van der Waals surface area contributed by atoms with Gasteiger partial charge in [0, 0.05) is 19.3 Å². The fourth-order valence-corrected chi connectivity index (χ4v) is 3.57. The molecule has 2 aliphatic heterocycles. The Morgan fingerprint density at radius 3 is 2.92 bits per heavy atom. The maximum Gasteiger partial charge on any atom is 0.236 e. The third-order valence-corrected chi connectivity index (χ3v) is 4.98. The van der Waals surface area contributed by atoms with Gasteiger partial charge in [0.25, 0.3) is 0 Å². The Morgan fingerprint density at radius 2 is 2.25 bits per heavy atom. The van der Waals surface area contributed by atoms with Gasteiger partial charge in [-0.25, -0.2) is 0 Å². The van der Waals surface area contributed by atoms with E-state index in [1.165, 1.54) is 0 Å². The minimum Gasteiger partial charge on any atom is -0.489 e. The minimum absolute atomic E-state index is 0.134. The molecule has 1 aromatic heterocycles. The predicted octanol–water partition coefficient (Wildman–Crippen LogP) is 1.42. The van der Waals surface area contributed by atoms with Crippen LogP contribution in [0, 0.1) is 5.41 Å². The molecule has 1 spiro atoms. The molecule has 1 aromatic rings. The highest BCUT2D eigenvalue weighted by Crippen LogP contribution is 2.42. The van der Waals surface area contributed by atoms with Crippen molar-refractivity contribution in [1.29, 1.82) is 0 Å². The molecule has 0 aromatic carbocycles. The van der Waals surface area contributed by atoms with Crippen molar-refractivity contribution in [2.24, 2.45) is 5.41 Å². The predicted molar refractivity (Wildman–Crippen MR) is 90.9 cm³/mol. The van der Waals surface area contributed by atoms with Gasteiger partial charge in [0.15, 0.2) is 0 Å². The summed E-state index contributed by atoms with van der Waals surface area (Å²) in [6, 6.07) is 3.78. The summed E-state index contributed by atoms with van der Waals surface area (Å²) in [6.45, 7) is 3.52. The normalized spacial score (nSPS) is 23.0. The lowest BCUT2D eigenvalue weighted by atomic mass is 9.76. The van der Waals surface area contributed by atoms with Crippen LogP contribution in [-0.2, 0) is 9.53 Å². The number of hydrogen-bond acceptors (Lipinski definition) is 5. The number of carbonyl (C=O) groups excluding carboxylic acids is 1. The topological polar surface area (TPSA) is 54.9 Å². The summed E-state index contributed by atoms with van der Waals surface area (Å²) < 4.78 is 11.7. The van der Waals surface area contributed by atoms with Crippen LogP contribution in [0.5, 0.6) is 5.75 Å². The molecule has 1 atom stereocenters. The first-order valence-electron chi connectivity index (χ1n) is 8.63. The molecule has 0 saturated carbocycles. The van der Waals surface area contributed by atoms with Gasteiger partial charge in [-0.3, -0.25) is 9.78 Å². The van der Waals surface area contributed by atoms with E-state index < -0.39 is 0 Å². The summed E-state index contributed by atoms with van der Waals surface area (Å²) in [6.07, 6.45) is 6.65. The van der Waals surface area contributed by atoms with E-state index in [0.29, 0.717) is 13.2 Å². The Bertz CT molecular complexity index is 542. The average molecular weight is 333 g/mol. The van der Waals surface area contributed by atoms with Crippen LogP contribution in [0.4, 0.5) is 0 Å². The fraction of sp³-hybridized carbons (Fsp3) is 0.667. The number of ether oxygens (including phenoxy) is 2. The zero-order chi connectivity index (χ0) is 17.0. The van der Waals surface area contributed by atoms with Gasteiger partial charge in [-0.15, -0.1) is 0 Å². The van der Waals surface area contributed by atoms with Crippen molar-refractivity contribution < 1.29 is 14.3 Å². The van der Waals surface area contributed by atoms with Crippen LogP contribution in [0.1, 0.15) is 19.3 Å². The van der Waals surface area contributed by atoms with Crippen molar-refractivity contribution in [3.8, 4) is 5.75 Å². The minimum atomic E-state index is 0.134. The molecule has 132 valence electrons. The third-order valence-electron chi connectivity index (χ3n) is 4.98. The zero-order valence-corrected chi connectivity index (χ0v) is 14.6. The molecule has 2 fully saturated rings. The highest BCUT2D eigenvalue weighted by molar-refractivity contribution is 5.78. The van der Waals surface area contributed by atoms with E-state index in [0.717, 1.165) is 44.7 Å². The van der Waals surface area contributed by atoms with Crippen LogP contribution < -0.4 is 4.74 Å². The van der Waals surface area contributed by atoms with E-state index >= 15 is 0 Å². The second-order valence-electron chi connectivity index (χ2n) is 7.26. The monoisotopic (exact) mass is 333 g/mol. The van der Waals surface area contributed by atoms with Crippen LogP contribution in [0.3, 0.4) is 0 Å². The van der Waals surface area contributed by atoms with Gasteiger partial charge < -0.3 is 19.3 Å². The van der Waals surface area contributed by atoms with Crippen LogP contribution in [-0.4, -0.2) is 73.7 Å². The number of hydrogen-bond donors (Lipinski definition) is 0. The van der Waals surface area contributed by atoms with E-state index in [-0.39, 0.29) is 17.4 Å². The van der Waals surface area contributed by atoms with E-state index in [1.807, 2.05) is 36.0 Å². The van der Waals surface area contributed by atoms with Crippen LogP contribution in [0.15, 0.2) is 24.5 Å². The van der Waals surface area contributed by atoms with Gasteiger partial charge in [-0.2, -0.15) is 0 Å². The second kappa shape index (κ2) is 7.49. The molecule has 2 aliphatic rings. The number of nitrogens with zero attached hydrogens (tertiary/aromatic N) is 3. The fourth-order valence-electron chi connectivity index (χ4n) is 3.57. The first-order chi connectivity index (χ1) is 11.6. The largest absolute Gasteiger partial charge is 0.489 e. The molecule has 3 rings (SSSR count). The lowest BCUT2D eigenvalue weighted by molar-refractivity contribution is -0.134. The molecule has 0 bridgehead atoms. The SMILES string of the molecule is CN(C)CC(=O)N1CCC2(CC1)COC(COc1cccnc1)C2. The molecule has 0 N–H and O–H groups in total. The van der Waals surface area contributed by atoms with Gasteiger partial charge >= 0.3 is 0 Å². The van der Waals surface area contributed by atoms with Crippen molar-refractivity contribution in [2.75, 3.05) is 46.9 Å². The van der Waals surface area contributed by atoms with Gasteiger partial charge in [0.05, 0.1) is 25.5 Å². The Labute approximate surface area is 143 Å². The third kappa shape index (κ3) is 4.24. The zero-order valence-electron chi connectivity index (χ0n) is 14.6. The smallest absolute Gasteiger partial charge is 0.236 e. The Hall–Kier alpha value is -1.66. The molecular weight excluding hydrogens is 306 g/mol. The number of pyridine rings is 1. The summed E-state index contributed by atoms with van der Waals surface area (Å²) in [4.78, 5) is 20.1. The lowest BCUT2D eigenvalue weighted by Crippen LogP contribution is -2.46. The summed E-state index contributed by atoms with van der Waals surface area (Å²) in [7, 11) is 3.86. The molecule has 0 radical (unpaired) electrons. The Balaban J connectivity index is 1.45. The highest BCUT2D eigenvalue weighted by atomic mass is 16.5. The Morgan fingerprint density at radius 1 is 1.46 bits per heavy atom. The number of amides is 1. The van der Waals surface area contributed by atoms with Gasteiger partial charge in [-0.1, -0.05) is 0 Å². The van der Waals surface area contributed by atoms with E-state index in [1.54, 1.807) is 12.4 Å². The molecule has 6 heteroatoms. The molecule has 1 amide bonds. The number of piperidine rings is 1. The second-order valence-corrected chi connectivity index (χ2v) is 7.26. The average Bonchev–Trinajstić information content (AvgIpc) is 2.97. The summed E-state index contributed by atoms with van der Waals surface area (Å²) in [5, 5.41) is 0. The quantitative estimate of drug-likeness (QED) is 0.816. The van der Waals surface area contributed by atoms with Crippen molar-refractivity contribution in [3.05, 3.63) is 24.5 Å². The maximum absolute atomic E-state index is 12.2. The lowest BCUT2D eigenvalue weighted by Gasteiger charge is -2.38. The van der Waals surface area contributed by atoms with E-state index in [2.05, 4.69) is 4.98 Å². The van der Waals surface area contributed by atoms with Crippen molar-refractivity contribution in [3.63, 3.8) is 0 Å². The van der Waals surface area contributed by atoms with Crippen molar-refractivity contribution in [2.45, 2.75) is 25.4 Å². The standard InChI is InChI=1S/C18H27N3O3/c1-20(2)12-17(22)21-8-5-18(6-9-21)10-16(24-14-18)13-23-15-4-3-7-19-11-15/h3-4,7,11,16H,5-6,8-10,12-14H2,1-2H3. The number of rotatable bonds is 5. The van der Waals surface area contributed by atoms with Gasteiger partial charge in [0.2, 0.25) is 5.91 Å². The summed E-state index contributed by atoms with van der Waals surface area (Å²) >= 11 is 0. The maximum atomic E-state index is 12.2. The van der Waals surface area contributed by atoms with E-state index in [4.69, 9.17) is 9.47 Å². The van der Waals surface area contributed by atoms with Crippen molar-refractivity contribution in [1.82, 2.24) is 14.8 Å². The molecule has 0 aliphatic carbocycles. The molecular formula is C18H27N3O3. The first kappa shape index (κ1) is 17.2. The molecule has 24 heavy (non-hydrogen) atoms. The van der Waals surface area contributed by atoms with Gasteiger partial charge in [-0.05, 0) is 50.9 Å². The molecule has 3 heterocycles. The summed E-state index contributed by atoms with van der Waals surface area (Å²) in [5.41, 5.74) is 0.220. The van der Waals surface area contributed by atoms with Crippen LogP contribution in [0.25, 0.3) is 0 Å². The van der Waals surface area contributed by atoms with Crippen LogP contribution in [0.2, 0.25) is 0 Å². The number of likely N-dealkylation sites (tertiary alicyclic amines) is 1. The van der Waals surface area contributed by atoms with E-state index in [9.17, 15) is 4.79 Å². The van der Waals surface area contributed by atoms with Gasteiger partial charge in [0.1, 0.15) is 12.4 Å². The molecule has 6 nitrogen and oxygen atoms in total. The highest BCUT2D eigenvalue weighted by Gasteiger charge is 2.43. The summed E-state index contributed by atoms with van der Waals surface area (Å²) in [5.74, 6) is 1.01. The molecule has 2 saturated heterocycles. The number of aromatic nitrogens is 1. The first-order valence-corrected chi connectivity index (χ1v) is 8.63. The van der Waals surface area contributed by atoms with Crippen molar-refractivity contribution >= 4 is 5.91 Å². The Kier molecular flexibility index (Phi) is 5.36. The number of carbonyl (C=O) groups is 1.